The Morgan fingerprint density at radius 3 is 2.80 bits per heavy atom. The lowest BCUT2D eigenvalue weighted by molar-refractivity contribution is -0.122. The molecular formula is C24H18ClFN2O5S2. The highest BCUT2D eigenvalue weighted by molar-refractivity contribution is 8.26. The molecule has 2 amide bonds. The summed E-state index contributed by atoms with van der Waals surface area (Å²) in [5.74, 6) is 0.0970. The van der Waals surface area contributed by atoms with Crippen LogP contribution >= 0.6 is 35.6 Å². The molecular weight excluding hydrogens is 515 g/mol. The van der Waals surface area contributed by atoms with E-state index in [-0.39, 0.29) is 24.1 Å². The minimum Gasteiger partial charge on any atom is -0.493 e. The van der Waals surface area contributed by atoms with Crippen LogP contribution in [0.3, 0.4) is 0 Å². The molecule has 2 heterocycles. The third-order valence-corrected chi connectivity index (χ3v) is 6.48. The van der Waals surface area contributed by atoms with Gasteiger partial charge in [0.1, 0.15) is 15.9 Å². The molecule has 1 aliphatic rings. The second-order valence-electron chi connectivity index (χ2n) is 7.22. The van der Waals surface area contributed by atoms with Crippen molar-refractivity contribution < 1.29 is 27.9 Å². The summed E-state index contributed by atoms with van der Waals surface area (Å²) < 4.78 is 30.0. The molecule has 0 bridgehead atoms. The summed E-state index contributed by atoms with van der Waals surface area (Å²) in [5.41, 5.74) is 1.04. The molecule has 0 radical (unpaired) electrons. The zero-order valence-corrected chi connectivity index (χ0v) is 20.6. The Bertz CT molecular complexity index is 1310. The van der Waals surface area contributed by atoms with E-state index in [4.69, 9.17) is 37.7 Å². The second-order valence-corrected chi connectivity index (χ2v) is 9.31. The van der Waals surface area contributed by atoms with Gasteiger partial charge < -0.3 is 19.2 Å². The molecule has 3 aromatic rings. The largest absolute Gasteiger partial charge is 0.493 e. The van der Waals surface area contributed by atoms with Crippen molar-refractivity contribution in [1.29, 1.82) is 0 Å². The fourth-order valence-corrected chi connectivity index (χ4v) is 4.59. The lowest BCUT2D eigenvalue weighted by atomic mass is 10.2. The lowest BCUT2D eigenvalue weighted by Crippen LogP contribution is -2.27. The number of thiocarbonyl (C=S) groups is 1. The molecule has 4 rings (SSSR count). The number of hydrogen-bond acceptors (Lipinski definition) is 7. The van der Waals surface area contributed by atoms with E-state index < -0.39 is 11.7 Å². The Morgan fingerprint density at radius 1 is 1.26 bits per heavy atom. The molecule has 1 aliphatic heterocycles. The van der Waals surface area contributed by atoms with E-state index in [1.807, 2.05) is 0 Å². The number of halogens is 2. The maximum Gasteiger partial charge on any atom is 0.266 e. The minimum atomic E-state index is -0.578. The van der Waals surface area contributed by atoms with Gasteiger partial charge in [-0.15, -0.1) is 0 Å². The topological polar surface area (TPSA) is 81.0 Å². The van der Waals surface area contributed by atoms with Crippen LogP contribution in [-0.4, -0.2) is 34.8 Å². The molecule has 0 unspecified atom stereocenters. The molecule has 1 N–H and O–H groups in total. The summed E-state index contributed by atoms with van der Waals surface area (Å²) in [6, 6.07) is 12.4. The number of nitrogens with zero attached hydrogens (tertiary/aromatic N) is 1. The molecule has 1 saturated heterocycles. The quantitative estimate of drug-likeness (QED) is 0.303. The van der Waals surface area contributed by atoms with Gasteiger partial charge in [0, 0.05) is 5.69 Å². The molecule has 7 nitrogen and oxygen atoms in total. The first-order chi connectivity index (χ1) is 16.8. The fraction of sp³-hybridized carbons (Fsp3) is 0.125. The number of thioether (sulfide) groups is 1. The van der Waals surface area contributed by atoms with E-state index in [1.165, 1.54) is 35.9 Å². The first kappa shape index (κ1) is 24.8. The van der Waals surface area contributed by atoms with Crippen molar-refractivity contribution in [1.82, 2.24) is 4.90 Å². The number of benzene rings is 2. The van der Waals surface area contributed by atoms with Gasteiger partial charge in [-0.3, -0.25) is 14.5 Å². The fourth-order valence-electron chi connectivity index (χ4n) is 3.15. The van der Waals surface area contributed by atoms with Crippen LogP contribution in [0, 0.1) is 5.82 Å². The highest BCUT2D eigenvalue weighted by Gasteiger charge is 2.32. The summed E-state index contributed by atoms with van der Waals surface area (Å²) in [6.45, 7) is -0.0482. The van der Waals surface area contributed by atoms with E-state index in [0.717, 1.165) is 6.07 Å². The predicted molar refractivity (Wildman–Crippen MR) is 136 cm³/mol. The average Bonchev–Trinajstić information content (AvgIpc) is 3.44. The Balaban J connectivity index is 1.41. The molecule has 1 aromatic heterocycles. The van der Waals surface area contributed by atoms with E-state index >= 15 is 0 Å². The lowest BCUT2D eigenvalue weighted by Gasteiger charge is -2.12. The molecule has 11 heteroatoms. The number of hydrogen-bond donors (Lipinski definition) is 1. The number of nitrogens with one attached hydrogen (secondary N) is 1. The van der Waals surface area contributed by atoms with Crippen LogP contribution in [0.25, 0.3) is 6.08 Å². The van der Waals surface area contributed by atoms with Gasteiger partial charge in [-0.25, -0.2) is 4.39 Å². The summed E-state index contributed by atoms with van der Waals surface area (Å²) in [7, 11) is 1.47. The normalized spacial score (nSPS) is 14.5. The van der Waals surface area contributed by atoms with Gasteiger partial charge in [0.15, 0.2) is 18.1 Å². The van der Waals surface area contributed by atoms with Crippen LogP contribution in [0.1, 0.15) is 11.3 Å². The van der Waals surface area contributed by atoms with Crippen LogP contribution in [0.4, 0.5) is 10.1 Å². The Labute approximate surface area is 214 Å². The molecule has 180 valence electrons. The number of rotatable bonds is 8. The van der Waals surface area contributed by atoms with Crippen molar-refractivity contribution in [3.63, 3.8) is 0 Å². The van der Waals surface area contributed by atoms with Crippen LogP contribution < -0.4 is 14.8 Å². The SMILES string of the molecule is COc1cc(/C=C2\SC(=S)N(Cc3ccco3)C2=O)ccc1OCC(=O)Nc1ccc(F)c(Cl)c1. The average molecular weight is 533 g/mol. The zero-order valence-electron chi connectivity index (χ0n) is 18.2. The zero-order chi connectivity index (χ0) is 24.9. The van der Waals surface area contributed by atoms with Gasteiger partial charge in [0.2, 0.25) is 0 Å². The van der Waals surface area contributed by atoms with E-state index in [0.29, 0.717) is 37.7 Å². The molecule has 0 atom stereocenters. The number of ether oxygens (including phenoxy) is 2. The van der Waals surface area contributed by atoms with Crippen molar-refractivity contribution in [3.05, 3.63) is 81.9 Å². The molecule has 35 heavy (non-hydrogen) atoms. The standard InChI is InChI=1S/C24H18ClFN2O5S2/c1-31-20-9-14(10-21-23(30)28(24(34)35-21)12-16-3-2-8-32-16)4-7-19(20)33-13-22(29)27-15-5-6-18(26)17(25)11-15/h2-11H,12-13H2,1H3,(H,27,29)/b21-10-. The Hall–Kier alpha value is -3.34. The second kappa shape index (κ2) is 10.9. The number of carbonyl (C=O) groups excluding carboxylic acids is 2. The van der Waals surface area contributed by atoms with Crippen molar-refractivity contribution in [3.8, 4) is 11.5 Å². The number of amides is 2. The highest BCUT2D eigenvalue weighted by atomic mass is 35.5. The maximum absolute atomic E-state index is 13.3. The van der Waals surface area contributed by atoms with Crippen molar-refractivity contribution in [2.45, 2.75) is 6.54 Å². The van der Waals surface area contributed by atoms with Crippen molar-refractivity contribution in [2.24, 2.45) is 0 Å². The third-order valence-electron chi connectivity index (χ3n) is 4.82. The minimum absolute atomic E-state index is 0.0983. The van der Waals surface area contributed by atoms with Gasteiger partial charge in [0.05, 0.1) is 29.8 Å². The first-order valence-electron chi connectivity index (χ1n) is 10.2. The highest BCUT2D eigenvalue weighted by Crippen LogP contribution is 2.35. The molecule has 0 saturated carbocycles. The van der Waals surface area contributed by atoms with Gasteiger partial charge in [0.25, 0.3) is 11.8 Å². The monoisotopic (exact) mass is 532 g/mol. The van der Waals surface area contributed by atoms with Gasteiger partial charge in [-0.1, -0.05) is 41.6 Å². The molecule has 2 aromatic carbocycles. The summed E-state index contributed by atoms with van der Waals surface area (Å²) in [4.78, 5) is 27.0. The number of furan rings is 1. The van der Waals surface area contributed by atoms with Gasteiger partial charge >= 0.3 is 0 Å². The smallest absolute Gasteiger partial charge is 0.266 e. The Kier molecular flexibility index (Phi) is 7.74. The maximum atomic E-state index is 13.3. The summed E-state index contributed by atoms with van der Waals surface area (Å²) in [6.07, 6.45) is 3.25. The summed E-state index contributed by atoms with van der Waals surface area (Å²) in [5, 5.41) is 2.48. The van der Waals surface area contributed by atoms with Crippen LogP contribution in [-0.2, 0) is 16.1 Å². The van der Waals surface area contributed by atoms with E-state index in [2.05, 4.69) is 5.32 Å². The van der Waals surface area contributed by atoms with Gasteiger partial charge in [-0.05, 0) is 54.1 Å². The van der Waals surface area contributed by atoms with Crippen LogP contribution in [0.5, 0.6) is 11.5 Å². The molecule has 0 aliphatic carbocycles. The van der Waals surface area contributed by atoms with E-state index in [1.54, 1.807) is 42.7 Å². The predicted octanol–water partition coefficient (Wildman–Crippen LogP) is 5.50. The van der Waals surface area contributed by atoms with Crippen molar-refractivity contribution in [2.75, 3.05) is 19.0 Å². The molecule has 0 spiro atoms. The van der Waals surface area contributed by atoms with Crippen molar-refractivity contribution >= 4 is 63.5 Å². The number of anilines is 1. The number of methoxy groups -OCH3 is 1. The van der Waals surface area contributed by atoms with Crippen LogP contribution in [0.2, 0.25) is 5.02 Å². The number of carbonyl (C=O) groups is 2. The Morgan fingerprint density at radius 2 is 2.09 bits per heavy atom. The molecule has 1 fully saturated rings. The van der Waals surface area contributed by atoms with Gasteiger partial charge in [-0.2, -0.15) is 0 Å². The van der Waals surface area contributed by atoms with E-state index in [9.17, 15) is 14.0 Å². The first-order valence-corrected chi connectivity index (χ1v) is 11.8. The third kappa shape index (κ3) is 6.02. The summed E-state index contributed by atoms with van der Waals surface area (Å²) >= 11 is 12.3. The van der Waals surface area contributed by atoms with Crippen LogP contribution in [0.15, 0.2) is 64.1 Å².